The van der Waals surface area contributed by atoms with Crippen molar-refractivity contribution >= 4 is 21.6 Å². The van der Waals surface area contributed by atoms with E-state index in [1.807, 2.05) is 24.5 Å². The summed E-state index contributed by atoms with van der Waals surface area (Å²) in [4.78, 5) is 24.6. The summed E-state index contributed by atoms with van der Waals surface area (Å²) >= 11 is 0. The van der Waals surface area contributed by atoms with Gasteiger partial charge in [-0.2, -0.15) is 4.31 Å². The zero-order valence-electron chi connectivity index (χ0n) is 20.0. The third-order valence-electron chi connectivity index (χ3n) is 6.05. The summed E-state index contributed by atoms with van der Waals surface area (Å²) in [6.45, 7) is 6.43. The molecule has 0 radical (unpaired) electrons. The first kappa shape index (κ1) is 24.8. The Morgan fingerprint density at radius 2 is 1.69 bits per heavy atom. The van der Waals surface area contributed by atoms with E-state index in [2.05, 4.69) is 0 Å². The average molecular weight is 497 g/mol. The van der Waals surface area contributed by atoms with Gasteiger partial charge in [0.1, 0.15) is 5.75 Å². The molecule has 1 saturated heterocycles. The molecule has 4 rings (SSSR count). The highest BCUT2D eigenvalue weighted by molar-refractivity contribution is 7.89. The third-order valence-corrected chi connectivity index (χ3v) is 7.94. The van der Waals surface area contributed by atoms with E-state index in [9.17, 15) is 18.0 Å². The van der Waals surface area contributed by atoms with Crippen molar-refractivity contribution in [2.24, 2.45) is 0 Å². The van der Waals surface area contributed by atoms with Gasteiger partial charge in [0.15, 0.2) is 12.4 Å². The largest absolute Gasteiger partial charge is 0.485 e. The van der Waals surface area contributed by atoms with Crippen molar-refractivity contribution in [3.05, 3.63) is 77.1 Å². The summed E-state index contributed by atoms with van der Waals surface area (Å²) in [5.41, 5.74) is 3.24. The van der Waals surface area contributed by atoms with E-state index in [0.29, 0.717) is 54.6 Å². The van der Waals surface area contributed by atoms with E-state index in [1.165, 1.54) is 11.2 Å². The number of carbonyl (C=O) groups excluding carboxylic acids is 2. The molecule has 1 aromatic heterocycles. The number of sulfonamides is 1. The summed E-state index contributed by atoms with van der Waals surface area (Å²) in [5.74, 6) is 0.261. The molecule has 1 fully saturated rings. The van der Waals surface area contributed by atoms with Crippen LogP contribution in [0.15, 0.2) is 59.5 Å². The molecule has 8 nitrogen and oxygen atoms in total. The Morgan fingerprint density at radius 3 is 2.34 bits per heavy atom. The first-order valence-electron chi connectivity index (χ1n) is 11.3. The van der Waals surface area contributed by atoms with Gasteiger partial charge in [0.05, 0.1) is 18.1 Å². The fourth-order valence-corrected chi connectivity index (χ4v) is 5.62. The Morgan fingerprint density at radius 1 is 1.00 bits per heavy atom. The molecule has 0 amide bonds. The molecule has 0 aliphatic carbocycles. The number of benzene rings is 2. The van der Waals surface area contributed by atoms with Crippen molar-refractivity contribution in [1.82, 2.24) is 8.87 Å². The highest BCUT2D eigenvalue weighted by Gasteiger charge is 2.27. The molecule has 0 N–H and O–H groups in total. The van der Waals surface area contributed by atoms with Crippen LogP contribution in [0.5, 0.6) is 5.75 Å². The zero-order valence-corrected chi connectivity index (χ0v) is 20.8. The van der Waals surface area contributed by atoms with Crippen molar-refractivity contribution in [3.8, 4) is 11.4 Å². The number of rotatable bonds is 8. The standard InChI is InChI=1S/C26H28N2O6S/c1-18-15-25(26(30)17-34-23-9-7-21(8-10-23)20(3)29)19(2)28(18)22-5-4-6-24(16-22)35(31,32)27-11-13-33-14-12-27/h4-10,15-16H,11-14,17H2,1-3H3. The fourth-order valence-electron chi connectivity index (χ4n) is 4.17. The lowest BCUT2D eigenvalue weighted by Crippen LogP contribution is -2.40. The second-order valence-electron chi connectivity index (χ2n) is 8.43. The van der Waals surface area contributed by atoms with E-state index in [0.717, 1.165) is 5.69 Å². The zero-order chi connectivity index (χ0) is 25.2. The predicted octanol–water partition coefficient (Wildman–Crippen LogP) is 3.58. The van der Waals surface area contributed by atoms with Crippen LogP contribution in [-0.2, 0) is 14.8 Å². The van der Waals surface area contributed by atoms with Crippen LogP contribution in [0.1, 0.15) is 39.0 Å². The smallest absolute Gasteiger partial charge is 0.243 e. The van der Waals surface area contributed by atoms with E-state index >= 15 is 0 Å². The normalized spacial score (nSPS) is 14.6. The molecule has 0 spiro atoms. The van der Waals surface area contributed by atoms with Crippen LogP contribution in [0.3, 0.4) is 0 Å². The minimum atomic E-state index is -3.64. The monoisotopic (exact) mass is 496 g/mol. The highest BCUT2D eigenvalue weighted by Crippen LogP contribution is 2.25. The molecule has 2 heterocycles. The lowest BCUT2D eigenvalue weighted by molar-refractivity contribution is 0.0730. The number of carbonyl (C=O) groups is 2. The maximum atomic E-state index is 13.1. The SMILES string of the molecule is CC(=O)c1ccc(OCC(=O)c2cc(C)n(-c3cccc(S(=O)(=O)N4CCOCC4)c3)c2C)cc1. The molecule has 3 aromatic rings. The first-order valence-corrected chi connectivity index (χ1v) is 12.8. The molecule has 1 aliphatic rings. The molecule has 0 atom stereocenters. The second-order valence-corrected chi connectivity index (χ2v) is 10.4. The van der Waals surface area contributed by atoms with Crippen LogP contribution >= 0.6 is 0 Å². The summed E-state index contributed by atoms with van der Waals surface area (Å²) in [5, 5.41) is 0. The Labute approximate surface area is 205 Å². The van der Waals surface area contributed by atoms with Crippen molar-refractivity contribution in [1.29, 1.82) is 0 Å². The molecular weight excluding hydrogens is 468 g/mol. The maximum Gasteiger partial charge on any atom is 0.243 e. The van der Waals surface area contributed by atoms with E-state index in [1.54, 1.807) is 48.5 Å². The van der Waals surface area contributed by atoms with Gasteiger partial charge in [-0.25, -0.2) is 8.42 Å². The molecule has 0 unspecified atom stereocenters. The summed E-state index contributed by atoms with van der Waals surface area (Å²) in [7, 11) is -3.64. The predicted molar refractivity (Wildman–Crippen MR) is 131 cm³/mol. The molecule has 2 aromatic carbocycles. The number of nitrogens with zero attached hydrogens (tertiary/aromatic N) is 2. The van der Waals surface area contributed by atoms with E-state index in [-0.39, 0.29) is 23.1 Å². The average Bonchev–Trinajstić information content (AvgIpc) is 3.17. The molecule has 35 heavy (non-hydrogen) atoms. The summed E-state index contributed by atoms with van der Waals surface area (Å²) in [6, 6.07) is 15.2. The van der Waals surface area contributed by atoms with Gasteiger partial charge in [0, 0.05) is 41.3 Å². The number of aryl methyl sites for hydroxylation is 1. The highest BCUT2D eigenvalue weighted by atomic mass is 32.2. The topological polar surface area (TPSA) is 94.9 Å². The molecule has 0 bridgehead atoms. The summed E-state index contributed by atoms with van der Waals surface area (Å²) < 4.78 is 40.4. The van der Waals surface area contributed by atoms with Crippen LogP contribution < -0.4 is 4.74 Å². The van der Waals surface area contributed by atoms with Gasteiger partial charge in [-0.1, -0.05) is 6.07 Å². The van der Waals surface area contributed by atoms with E-state index < -0.39 is 10.0 Å². The van der Waals surface area contributed by atoms with Crippen LogP contribution in [0.2, 0.25) is 0 Å². The van der Waals surface area contributed by atoms with Gasteiger partial charge >= 0.3 is 0 Å². The van der Waals surface area contributed by atoms with Crippen LogP contribution in [0, 0.1) is 13.8 Å². The number of ether oxygens (including phenoxy) is 2. The quantitative estimate of drug-likeness (QED) is 0.443. The molecule has 184 valence electrons. The first-order chi connectivity index (χ1) is 16.7. The van der Waals surface area contributed by atoms with Crippen molar-refractivity contribution in [2.75, 3.05) is 32.9 Å². The Kier molecular flexibility index (Phi) is 7.20. The van der Waals surface area contributed by atoms with Gasteiger partial charge in [-0.3, -0.25) is 9.59 Å². The Bertz CT molecular complexity index is 1350. The number of ketones is 2. The van der Waals surface area contributed by atoms with Crippen LogP contribution in [0.4, 0.5) is 0 Å². The van der Waals surface area contributed by atoms with Crippen molar-refractivity contribution < 1.29 is 27.5 Å². The van der Waals surface area contributed by atoms with Gasteiger partial charge in [0.2, 0.25) is 15.8 Å². The summed E-state index contributed by atoms with van der Waals surface area (Å²) in [6.07, 6.45) is 0. The van der Waals surface area contributed by atoms with E-state index in [4.69, 9.17) is 9.47 Å². The fraction of sp³-hybridized carbons (Fsp3) is 0.308. The van der Waals surface area contributed by atoms with Gasteiger partial charge in [-0.15, -0.1) is 0 Å². The molecular formula is C26H28N2O6S. The third kappa shape index (κ3) is 5.22. The number of morpholine rings is 1. The number of hydrogen-bond acceptors (Lipinski definition) is 6. The minimum Gasteiger partial charge on any atom is -0.485 e. The number of aromatic nitrogens is 1. The Balaban J connectivity index is 1.55. The van der Waals surface area contributed by atoms with Crippen LogP contribution in [-0.4, -0.2) is 61.8 Å². The number of Topliss-reactive ketones (excluding diaryl/α,β-unsaturated/α-hetero) is 2. The van der Waals surface area contributed by atoms with Crippen molar-refractivity contribution in [3.63, 3.8) is 0 Å². The number of hydrogen-bond donors (Lipinski definition) is 0. The molecule has 0 saturated carbocycles. The van der Waals surface area contributed by atoms with Gasteiger partial charge in [0.25, 0.3) is 0 Å². The van der Waals surface area contributed by atoms with Crippen LogP contribution in [0.25, 0.3) is 5.69 Å². The lowest BCUT2D eigenvalue weighted by Gasteiger charge is -2.26. The molecule has 1 aliphatic heterocycles. The van der Waals surface area contributed by atoms with Crippen molar-refractivity contribution in [2.45, 2.75) is 25.7 Å². The Hall–Kier alpha value is -3.27. The second kappa shape index (κ2) is 10.2. The molecule has 9 heteroatoms. The maximum absolute atomic E-state index is 13.1. The van der Waals surface area contributed by atoms with Gasteiger partial charge in [-0.05, 0) is 69.3 Å². The minimum absolute atomic E-state index is 0.0399. The lowest BCUT2D eigenvalue weighted by atomic mass is 10.1. The van der Waals surface area contributed by atoms with Gasteiger partial charge < -0.3 is 14.0 Å².